The first kappa shape index (κ1) is 26.3. The maximum Gasteiger partial charge on any atom is 0.322 e. The van der Waals surface area contributed by atoms with Gasteiger partial charge in [-0.05, 0) is 62.4 Å². The molecule has 0 radical (unpaired) electrons. The van der Waals surface area contributed by atoms with E-state index in [-0.39, 0.29) is 23.8 Å². The number of carbonyl (C=O) groups excluding carboxylic acids is 3. The lowest BCUT2D eigenvalue weighted by molar-refractivity contribution is -0.138. The second kappa shape index (κ2) is 12.5. The number of anilines is 1. The molecule has 2 aliphatic heterocycles. The molecule has 4 amide bonds. The summed E-state index contributed by atoms with van der Waals surface area (Å²) in [5.74, 6) is 1.19. The van der Waals surface area contributed by atoms with Crippen LogP contribution in [-0.2, 0) is 16.1 Å². The summed E-state index contributed by atoms with van der Waals surface area (Å²) in [5.41, 5.74) is 1.57. The zero-order valence-corrected chi connectivity index (χ0v) is 21.6. The number of methoxy groups -OCH3 is 1. The molecule has 0 aliphatic carbocycles. The number of piperidine rings is 1. The van der Waals surface area contributed by atoms with Crippen molar-refractivity contribution in [2.45, 2.75) is 45.2 Å². The fourth-order valence-corrected chi connectivity index (χ4v) is 4.99. The highest BCUT2D eigenvalue weighted by atomic mass is 16.5. The van der Waals surface area contributed by atoms with Gasteiger partial charge in [0.05, 0.1) is 19.4 Å². The van der Waals surface area contributed by atoms with Crippen LogP contribution in [0, 0.1) is 5.92 Å². The minimum absolute atomic E-state index is 0.00440. The first-order valence-electron chi connectivity index (χ1n) is 13.0. The number of nitrogens with one attached hydrogen (secondary N) is 2. The van der Waals surface area contributed by atoms with Gasteiger partial charge < -0.3 is 29.9 Å². The number of hydrogen-bond acceptors (Lipinski definition) is 5. The van der Waals surface area contributed by atoms with Crippen molar-refractivity contribution in [2.75, 3.05) is 38.7 Å². The van der Waals surface area contributed by atoms with Crippen LogP contribution in [0.2, 0.25) is 0 Å². The monoisotopic (exact) mass is 508 g/mol. The van der Waals surface area contributed by atoms with Gasteiger partial charge in [-0.3, -0.25) is 9.59 Å². The normalized spacial score (nSPS) is 17.8. The predicted molar refractivity (Wildman–Crippen MR) is 141 cm³/mol. The van der Waals surface area contributed by atoms with E-state index >= 15 is 0 Å². The summed E-state index contributed by atoms with van der Waals surface area (Å²) in [7, 11) is 1.62. The van der Waals surface area contributed by atoms with Gasteiger partial charge in [-0.15, -0.1) is 0 Å². The highest BCUT2D eigenvalue weighted by molar-refractivity contribution is 5.95. The Labute approximate surface area is 218 Å². The molecule has 2 heterocycles. The Hall–Kier alpha value is -3.75. The van der Waals surface area contributed by atoms with E-state index in [2.05, 4.69) is 10.6 Å². The number of hydrogen-bond donors (Lipinski definition) is 2. The molecular weight excluding hydrogens is 472 g/mol. The Morgan fingerprint density at radius 3 is 2.54 bits per heavy atom. The third kappa shape index (κ3) is 6.53. The lowest BCUT2D eigenvalue weighted by atomic mass is 9.95. The molecule has 2 N–H and O–H groups in total. The van der Waals surface area contributed by atoms with Crippen molar-refractivity contribution in [3.05, 3.63) is 54.1 Å². The second-order valence-corrected chi connectivity index (χ2v) is 9.38. The zero-order chi connectivity index (χ0) is 26.2. The molecule has 9 nitrogen and oxygen atoms in total. The number of ether oxygens (including phenoxy) is 2. The Kier molecular flexibility index (Phi) is 8.87. The first-order chi connectivity index (χ1) is 18.0. The van der Waals surface area contributed by atoms with Gasteiger partial charge >= 0.3 is 6.03 Å². The van der Waals surface area contributed by atoms with Crippen LogP contribution >= 0.6 is 0 Å². The second-order valence-electron chi connectivity index (χ2n) is 9.38. The molecule has 4 rings (SSSR count). The molecule has 0 bridgehead atoms. The largest absolute Gasteiger partial charge is 0.497 e. The standard InChI is InChI=1S/C28H36N4O5/c1-3-37-25-12-5-4-10-23(25)30-28(35)32-15-7-11-24(32)27(34)31-16-13-21(14-17-31)26(33)29-19-20-8-6-9-22(18-20)36-2/h4-6,8-10,12,18,21,24H,3,7,11,13-17,19H2,1-2H3,(H,29,33)(H,30,35)/t24-/m0/s1. The van der Waals surface area contributed by atoms with Gasteiger partial charge in [0, 0.05) is 32.1 Å². The summed E-state index contributed by atoms with van der Waals surface area (Å²) in [6, 6.07) is 14.1. The van der Waals surface area contributed by atoms with Crippen molar-refractivity contribution in [2.24, 2.45) is 5.92 Å². The molecule has 2 aliphatic rings. The molecule has 2 aromatic rings. The number of rotatable bonds is 8. The summed E-state index contributed by atoms with van der Waals surface area (Å²) in [4.78, 5) is 42.6. The summed E-state index contributed by atoms with van der Waals surface area (Å²) in [5, 5.41) is 5.92. The molecule has 37 heavy (non-hydrogen) atoms. The zero-order valence-electron chi connectivity index (χ0n) is 21.6. The maximum atomic E-state index is 13.4. The predicted octanol–water partition coefficient (Wildman–Crippen LogP) is 3.65. The Bertz CT molecular complexity index is 1100. The van der Waals surface area contributed by atoms with Crippen LogP contribution in [0.25, 0.3) is 0 Å². The summed E-state index contributed by atoms with van der Waals surface area (Å²) >= 11 is 0. The van der Waals surface area contributed by atoms with Gasteiger partial charge in [0.25, 0.3) is 0 Å². The molecule has 2 aromatic carbocycles. The fraction of sp³-hybridized carbons (Fsp3) is 0.464. The van der Waals surface area contributed by atoms with Crippen LogP contribution in [0.5, 0.6) is 11.5 Å². The molecule has 0 unspecified atom stereocenters. The first-order valence-corrected chi connectivity index (χ1v) is 13.0. The average Bonchev–Trinajstić information content (AvgIpc) is 3.43. The Morgan fingerprint density at radius 2 is 1.78 bits per heavy atom. The highest BCUT2D eigenvalue weighted by Crippen LogP contribution is 2.27. The number of benzene rings is 2. The molecule has 0 aromatic heterocycles. The molecule has 9 heteroatoms. The van der Waals surface area contributed by atoms with Crippen molar-refractivity contribution in [3.63, 3.8) is 0 Å². The van der Waals surface area contributed by atoms with E-state index in [0.717, 1.165) is 17.7 Å². The van der Waals surface area contributed by atoms with E-state index in [0.29, 0.717) is 63.5 Å². The fourth-order valence-electron chi connectivity index (χ4n) is 4.99. The third-order valence-corrected chi connectivity index (χ3v) is 7.01. The summed E-state index contributed by atoms with van der Waals surface area (Å²) < 4.78 is 10.8. The highest BCUT2D eigenvalue weighted by Gasteiger charge is 2.38. The lowest BCUT2D eigenvalue weighted by Crippen LogP contribution is -2.51. The third-order valence-electron chi connectivity index (χ3n) is 7.01. The van der Waals surface area contributed by atoms with Gasteiger partial charge in [-0.25, -0.2) is 4.79 Å². The van der Waals surface area contributed by atoms with Crippen molar-refractivity contribution in [1.82, 2.24) is 15.1 Å². The molecule has 2 fully saturated rings. The summed E-state index contributed by atoms with van der Waals surface area (Å²) in [6.45, 7) is 4.37. The number of likely N-dealkylation sites (tertiary alicyclic amines) is 2. The number of urea groups is 1. The van der Waals surface area contributed by atoms with Gasteiger partial charge in [0.1, 0.15) is 17.5 Å². The van der Waals surface area contributed by atoms with Crippen LogP contribution in [0.4, 0.5) is 10.5 Å². The van der Waals surface area contributed by atoms with Crippen LogP contribution < -0.4 is 20.1 Å². The smallest absolute Gasteiger partial charge is 0.322 e. The maximum absolute atomic E-state index is 13.4. The van der Waals surface area contributed by atoms with Crippen molar-refractivity contribution >= 4 is 23.5 Å². The minimum atomic E-state index is -0.488. The van der Waals surface area contributed by atoms with Crippen LogP contribution in [0.15, 0.2) is 48.5 Å². The number of para-hydroxylation sites is 2. The lowest BCUT2D eigenvalue weighted by Gasteiger charge is -2.35. The molecule has 0 spiro atoms. The van der Waals surface area contributed by atoms with Crippen molar-refractivity contribution in [3.8, 4) is 11.5 Å². The molecule has 2 saturated heterocycles. The Balaban J connectivity index is 1.28. The van der Waals surface area contributed by atoms with Crippen LogP contribution in [0.3, 0.4) is 0 Å². The molecular formula is C28H36N4O5. The van der Waals surface area contributed by atoms with Crippen molar-refractivity contribution in [1.29, 1.82) is 0 Å². The Morgan fingerprint density at radius 1 is 1.00 bits per heavy atom. The van der Waals surface area contributed by atoms with E-state index in [1.165, 1.54) is 0 Å². The van der Waals surface area contributed by atoms with Crippen LogP contribution in [-0.4, -0.2) is 67.0 Å². The molecule has 0 saturated carbocycles. The van der Waals surface area contributed by atoms with E-state index in [1.807, 2.05) is 49.4 Å². The van der Waals surface area contributed by atoms with Crippen LogP contribution in [0.1, 0.15) is 38.2 Å². The SMILES string of the molecule is CCOc1ccccc1NC(=O)N1CCC[C@H]1C(=O)N1CCC(C(=O)NCc2cccc(OC)c2)CC1. The van der Waals surface area contributed by atoms with Gasteiger partial charge in [0.2, 0.25) is 11.8 Å². The van der Waals surface area contributed by atoms with E-state index in [1.54, 1.807) is 23.0 Å². The number of carbonyl (C=O) groups is 3. The van der Waals surface area contributed by atoms with E-state index < -0.39 is 6.04 Å². The number of nitrogens with zero attached hydrogens (tertiary/aromatic N) is 2. The van der Waals surface area contributed by atoms with E-state index in [4.69, 9.17) is 9.47 Å². The molecule has 1 atom stereocenters. The van der Waals surface area contributed by atoms with E-state index in [9.17, 15) is 14.4 Å². The van der Waals surface area contributed by atoms with Crippen molar-refractivity contribution < 1.29 is 23.9 Å². The van der Waals surface area contributed by atoms with Gasteiger partial charge in [-0.2, -0.15) is 0 Å². The number of amides is 4. The topological polar surface area (TPSA) is 100 Å². The van der Waals surface area contributed by atoms with Gasteiger partial charge in [-0.1, -0.05) is 24.3 Å². The quantitative estimate of drug-likeness (QED) is 0.567. The van der Waals surface area contributed by atoms with Gasteiger partial charge in [0.15, 0.2) is 0 Å². The molecule has 198 valence electrons. The summed E-state index contributed by atoms with van der Waals surface area (Å²) in [6.07, 6.45) is 2.63. The average molecular weight is 509 g/mol. The minimum Gasteiger partial charge on any atom is -0.497 e.